The molecule has 0 radical (unpaired) electrons. The fraction of sp³-hybridized carbons (Fsp3) is 0.286. The first-order valence-corrected chi connectivity index (χ1v) is 6.09. The van der Waals surface area contributed by atoms with Crippen LogP contribution in [0.15, 0.2) is 42.6 Å². The Balaban J connectivity index is 2.04. The number of hydrogen-bond donors (Lipinski definition) is 2. The molecule has 2 rings (SSSR count). The molecule has 0 bridgehead atoms. The number of benzene rings is 1. The van der Waals surface area contributed by atoms with Gasteiger partial charge in [0.2, 0.25) is 0 Å². The van der Waals surface area contributed by atoms with Gasteiger partial charge in [-0.3, -0.25) is 0 Å². The van der Waals surface area contributed by atoms with Crippen LogP contribution >= 0.6 is 0 Å². The first-order chi connectivity index (χ1) is 9.29. The van der Waals surface area contributed by atoms with Crippen molar-refractivity contribution >= 4 is 5.82 Å². The van der Waals surface area contributed by atoms with E-state index in [0.29, 0.717) is 24.8 Å². The zero-order chi connectivity index (χ0) is 13.5. The van der Waals surface area contributed by atoms with Crippen molar-refractivity contribution in [1.29, 1.82) is 0 Å². The first kappa shape index (κ1) is 13.5. The van der Waals surface area contributed by atoms with E-state index in [0.717, 1.165) is 5.56 Å². The van der Waals surface area contributed by atoms with Crippen LogP contribution in [0.5, 0.6) is 0 Å². The molecule has 1 aromatic carbocycles. The third-order valence-electron chi connectivity index (χ3n) is 2.57. The van der Waals surface area contributed by atoms with Crippen LogP contribution < -0.4 is 5.32 Å². The van der Waals surface area contributed by atoms with Gasteiger partial charge in [-0.05, 0) is 6.07 Å². The molecule has 19 heavy (non-hydrogen) atoms. The summed E-state index contributed by atoms with van der Waals surface area (Å²) in [4.78, 5) is 8.64. The molecule has 0 fully saturated rings. The molecular weight excluding hydrogens is 242 g/mol. The van der Waals surface area contributed by atoms with Crippen molar-refractivity contribution in [2.45, 2.75) is 6.10 Å². The monoisotopic (exact) mass is 259 g/mol. The highest BCUT2D eigenvalue weighted by molar-refractivity contribution is 5.56. The van der Waals surface area contributed by atoms with Crippen molar-refractivity contribution < 1.29 is 9.84 Å². The molecule has 2 N–H and O–H groups in total. The van der Waals surface area contributed by atoms with Crippen LogP contribution in [0.1, 0.15) is 0 Å². The third-order valence-corrected chi connectivity index (χ3v) is 2.57. The van der Waals surface area contributed by atoms with Crippen molar-refractivity contribution in [2.24, 2.45) is 0 Å². The fourth-order valence-corrected chi connectivity index (χ4v) is 1.66. The number of ether oxygens (including phenoxy) is 1. The predicted molar refractivity (Wildman–Crippen MR) is 73.8 cm³/mol. The van der Waals surface area contributed by atoms with E-state index in [1.807, 2.05) is 30.3 Å². The standard InChI is InChI=1S/C14H17N3O2/c1-19-10-12(18)9-16-13-7-8-15-14(17-13)11-5-3-2-4-6-11/h2-8,12,18H,9-10H2,1H3,(H,15,16,17). The molecule has 2 aromatic rings. The molecule has 1 heterocycles. The summed E-state index contributed by atoms with van der Waals surface area (Å²) in [6.45, 7) is 0.683. The summed E-state index contributed by atoms with van der Waals surface area (Å²) in [5, 5.41) is 12.6. The average Bonchev–Trinajstić information content (AvgIpc) is 2.47. The van der Waals surface area contributed by atoms with Crippen LogP contribution in [-0.2, 0) is 4.74 Å². The Bertz CT molecular complexity index is 505. The minimum Gasteiger partial charge on any atom is -0.389 e. The molecule has 0 amide bonds. The van der Waals surface area contributed by atoms with Gasteiger partial charge in [0.25, 0.3) is 0 Å². The number of anilines is 1. The van der Waals surface area contributed by atoms with E-state index >= 15 is 0 Å². The zero-order valence-corrected chi connectivity index (χ0v) is 10.8. The van der Waals surface area contributed by atoms with Gasteiger partial charge in [0.05, 0.1) is 12.7 Å². The van der Waals surface area contributed by atoms with Crippen LogP contribution in [0.4, 0.5) is 5.82 Å². The van der Waals surface area contributed by atoms with Crippen LogP contribution in [0.3, 0.4) is 0 Å². The second-order valence-corrected chi connectivity index (χ2v) is 4.12. The van der Waals surface area contributed by atoms with Crippen molar-refractivity contribution in [3.05, 3.63) is 42.6 Å². The molecule has 0 saturated heterocycles. The maximum atomic E-state index is 9.57. The molecule has 100 valence electrons. The number of rotatable bonds is 6. The largest absolute Gasteiger partial charge is 0.389 e. The Labute approximate surface area is 112 Å². The maximum Gasteiger partial charge on any atom is 0.161 e. The number of nitrogens with zero attached hydrogens (tertiary/aromatic N) is 2. The van der Waals surface area contributed by atoms with E-state index in [2.05, 4.69) is 15.3 Å². The third kappa shape index (κ3) is 4.01. The van der Waals surface area contributed by atoms with Gasteiger partial charge in [0.1, 0.15) is 5.82 Å². The number of nitrogens with one attached hydrogen (secondary N) is 1. The molecule has 0 saturated carbocycles. The Kier molecular flexibility index (Phi) is 4.83. The molecule has 0 aliphatic heterocycles. The highest BCUT2D eigenvalue weighted by atomic mass is 16.5. The number of hydrogen-bond acceptors (Lipinski definition) is 5. The minimum absolute atomic E-state index is 0.295. The van der Waals surface area contributed by atoms with E-state index in [-0.39, 0.29) is 0 Å². The van der Waals surface area contributed by atoms with Gasteiger partial charge in [-0.15, -0.1) is 0 Å². The van der Waals surface area contributed by atoms with Crippen LogP contribution in [0, 0.1) is 0 Å². The highest BCUT2D eigenvalue weighted by Crippen LogP contribution is 2.15. The second-order valence-electron chi connectivity index (χ2n) is 4.12. The molecule has 1 aromatic heterocycles. The molecule has 5 nitrogen and oxygen atoms in total. The summed E-state index contributed by atoms with van der Waals surface area (Å²) >= 11 is 0. The highest BCUT2D eigenvalue weighted by Gasteiger charge is 2.05. The average molecular weight is 259 g/mol. The van der Waals surface area contributed by atoms with Crippen molar-refractivity contribution in [3.8, 4) is 11.4 Å². The lowest BCUT2D eigenvalue weighted by Crippen LogP contribution is -2.24. The van der Waals surface area contributed by atoms with Gasteiger partial charge in [-0.1, -0.05) is 30.3 Å². The molecule has 0 aliphatic rings. The number of aromatic nitrogens is 2. The van der Waals surface area contributed by atoms with Gasteiger partial charge < -0.3 is 15.2 Å². The number of methoxy groups -OCH3 is 1. The molecular formula is C14H17N3O2. The second kappa shape index (κ2) is 6.82. The van der Waals surface area contributed by atoms with Gasteiger partial charge >= 0.3 is 0 Å². The van der Waals surface area contributed by atoms with Crippen LogP contribution in [-0.4, -0.2) is 41.4 Å². The van der Waals surface area contributed by atoms with Crippen molar-refractivity contribution in [2.75, 3.05) is 25.6 Å². The Morgan fingerprint density at radius 2 is 2.05 bits per heavy atom. The van der Waals surface area contributed by atoms with E-state index < -0.39 is 6.10 Å². The number of aliphatic hydroxyl groups is 1. The predicted octanol–water partition coefficient (Wildman–Crippen LogP) is 1.56. The zero-order valence-electron chi connectivity index (χ0n) is 10.8. The summed E-state index contributed by atoms with van der Waals surface area (Å²) in [7, 11) is 1.56. The summed E-state index contributed by atoms with van der Waals surface area (Å²) in [6.07, 6.45) is 1.14. The molecule has 5 heteroatoms. The summed E-state index contributed by atoms with van der Waals surface area (Å²) < 4.78 is 4.86. The minimum atomic E-state index is -0.555. The number of aliphatic hydroxyl groups excluding tert-OH is 1. The Hall–Kier alpha value is -1.98. The maximum absolute atomic E-state index is 9.57. The van der Waals surface area contributed by atoms with Gasteiger partial charge in [-0.25, -0.2) is 9.97 Å². The Morgan fingerprint density at radius 1 is 1.26 bits per heavy atom. The summed E-state index contributed by atoms with van der Waals surface area (Å²) in [6, 6.07) is 11.5. The molecule has 1 atom stereocenters. The van der Waals surface area contributed by atoms with Crippen LogP contribution in [0.2, 0.25) is 0 Å². The van der Waals surface area contributed by atoms with Crippen molar-refractivity contribution in [1.82, 2.24) is 9.97 Å². The van der Waals surface area contributed by atoms with Crippen molar-refractivity contribution in [3.63, 3.8) is 0 Å². The lowest BCUT2D eigenvalue weighted by Gasteiger charge is -2.11. The van der Waals surface area contributed by atoms with E-state index in [9.17, 15) is 5.11 Å². The Morgan fingerprint density at radius 3 is 2.79 bits per heavy atom. The molecule has 0 spiro atoms. The molecule has 0 aliphatic carbocycles. The quantitative estimate of drug-likeness (QED) is 0.824. The lowest BCUT2D eigenvalue weighted by molar-refractivity contribution is 0.0727. The van der Waals surface area contributed by atoms with Crippen LogP contribution in [0.25, 0.3) is 11.4 Å². The van der Waals surface area contributed by atoms with Gasteiger partial charge in [-0.2, -0.15) is 0 Å². The molecule has 1 unspecified atom stereocenters. The fourth-order valence-electron chi connectivity index (χ4n) is 1.66. The SMILES string of the molecule is COCC(O)CNc1ccnc(-c2ccccc2)n1. The lowest BCUT2D eigenvalue weighted by atomic mass is 10.2. The topological polar surface area (TPSA) is 67.3 Å². The van der Waals surface area contributed by atoms with Gasteiger partial charge in [0, 0.05) is 25.4 Å². The van der Waals surface area contributed by atoms with E-state index in [1.54, 1.807) is 19.4 Å². The first-order valence-electron chi connectivity index (χ1n) is 6.09. The van der Waals surface area contributed by atoms with E-state index in [1.165, 1.54) is 0 Å². The smallest absolute Gasteiger partial charge is 0.161 e. The van der Waals surface area contributed by atoms with Gasteiger partial charge in [0.15, 0.2) is 5.82 Å². The summed E-state index contributed by atoms with van der Waals surface area (Å²) in [5.41, 5.74) is 0.962. The summed E-state index contributed by atoms with van der Waals surface area (Å²) in [5.74, 6) is 1.34. The van der Waals surface area contributed by atoms with E-state index in [4.69, 9.17) is 4.74 Å². The normalized spacial score (nSPS) is 12.1.